The lowest BCUT2D eigenvalue weighted by Gasteiger charge is -2.18. The Morgan fingerprint density at radius 2 is 2.00 bits per heavy atom. The van der Waals surface area contributed by atoms with Crippen molar-refractivity contribution >= 4 is 21.6 Å². The second-order valence-electron chi connectivity index (χ2n) is 4.63. The van der Waals surface area contributed by atoms with Gasteiger partial charge < -0.3 is 5.32 Å². The Hall–Kier alpha value is -0.500. The smallest absolute Gasteiger partial charge is 0.0516 e. The summed E-state index contributed by atoms with van der Waals surface area (Å²) in [7, 11) is 0. The third-order valence-corrected chi connectivity index (χ3v) is 3.44. The lowest BCUT2D eigenvalue weighted by molar-refractivity contribution is 0.644. The number of benzene rings is 1. The molecule has 0 aromatic heterocycles. The molecule has 0 fully saturated rings. The second kappa shape index (κ2) is 6.29. The van der Waals surface area contributed by atoms with Crippen LogP contribution in [-0.2, 0) is 0 Å². The average molecular weight is 284 g/mol. The monoisotopic (exact) mass is 283 g/mol. The van der Waals surface area contributed by atoms with Crippen molar-refractivity contribution in [2.45, 2.75) is 53.0 Å². The fourth-order valence-electron chi connectivity index (χ4n) is 1.93. The SMILES string of the molecule is CCCCC(C)Nc1c(C)cc(C)cc1Br. The van der Waals surface area contributed by atoms with E-state index in [1.807, 2.05) is 0 Å². The Bertz CT molecular complexity index is 324. The summed E-state index contributed by atoms with van der Waals surface area (Å²) in [4.78, 5) is 0. The summed E-state index contributed by atoms with van der Waals surface area (Å²) >= 11 is 3.63. The lowest BCUT2D eigenvalue weighted by Crippen LogP contribution is -2.16. The molecule has 1 aromatic carbocycles. The summed E-state index contributed by atoms with van der Waals surface area (Å²) < 4.78 is 1.17. The van der Waals surface area contributed by atoms with E-state index in [1.165, 1.54) is 40.5 Å². The Balaban J connectivity index is 2.73. The molecule has 0 radical (unpaired) electrons. The number of halogens is 1. The molecule has 2 heteroatoms. The van der Waals surface area contributed by atoms with Crippen LogP contribution in [0.15, 0.2) is 16.6 Å². The highest BCUT2D eigenvalue weighted by atomic mass is 79.9. The molecular formula is C14H22BrN. The van der Waals surface area contributed by atoms with Crippen molar-refractivity contribution in [3.05, 3.63) is 27.7 Å². The zero-order valence-electron chi connectivity index (χ0n) is 10.7. The highest BCUT2D eigenvalue weighted by molar-refractivity contribution is 9.10. The van der Waals surface area contributed by atoms with Crippen molar-refractivity contribution in [1.82, 2.24) is 0 Å². The number of aryl methyl sites for hydroxylation is 2. The average Bonchev–Trinajstić information content (AvgIpc) is 2.20. The third-order valence-electron chi connectivity index (χ3n) is 2.81. The van der Waals surface area contributed by atoms with Gasteiger partial charge in [-0.2, -0.15) is 0 Å². The van der Waals surface area contributed by atoms with E-state index < -0.39 is 0 Å². The van der Waals surface area contributed by atoms with E-state index in [1.54, 1.807) is 0 Å². The minimum atomic E-state index is 0.539. The summed E-state index contributed by atoms with van der Waals surface area (Å²) in [5.74, 6) is 0. The van der Waals surface area contributed by atoms with Gasteiger partial charge in [-0.1, -0.05) is 25.8 Å². The lowest BCUT2D eigenvalue weighted by atomic mass is 10.1. The van der Waals surface area contributed by atoms with Crippen molar-refractivity contribution in [2.75, 3.05) is 5.32 Å². The van der Waals surface area contributed by atoms with Crippen molar-refractivity contribution in [1.29, 1.82) is 0 Å². The van der Waals surface area contributed by atoms with E-state index >= 15 is 0 Å². The maximum Gasteiger partial charge on any atom is 0.0516 e. The highest BCUT2D eigenvalue weighted by Gasteiger charge is 2.08. The van der Waals surface area contributed by atoms with Crippen LogP contribution >= 0.6 is 15.9 Å². The molecule has 1 aromatic rings. The highest BCUT2D eigenvalue weighted by Crippen LogP contribution is 2.28. The van der Waals surface area contributed by atoms with Gasteiger partial charge in [0.15, 0.2) is 0 Å². The zero-order valence-corrected chi connectivity index (χ0v) is 12.3. The Morgan fingerprint density at radius 3 is 2.56 bits per heavy atom. The van der Waals surface area contributed by atoms with Crippen LogP contribution in [0.3, 0.4) is 0 Å². The maximum atomic E-state index is 3.63. The number of nitrogens with one attached hydrogen (secondary N) is 1. The Morgan fingerprint density at radius 1 is 1.31 bits per heavy atom. The summed E-state index contributed by atoms with van der Waals surface area (Å²) in [6, 6.07) is 4.93. The molecule has 0 aliphatic heterocycles. The van der Waals surface area contributed by atoms with Gasteiger partial charge in [0.05, 0.1) is 5.69 Å². The minimum absolute atomic E-state index is 0.539. The molecular weight excluding hydrogens is 262 g/mol. The molecule has 16 heavy (non-hydrogen) atoms. The van der Waals surface area contributed by atoms with Gasteiger partial charge in [-0.05, 0) is 60.3 Å². The molecule has 0 aliphatic carbocycles. The Kier molecular flexibility index (Phi) is 5.33. The van der Waals surface area contributed by atoms with Gasteiger partial charge in [0.1, 0.15) is 0 Å². The van der Waals surface area contributed by atoms with Gasteiger partial charge in [0.2, 0.25) is 0 Å². The van der Waals surface area contributed by atoms with Crippen LogP contribution in [0, 0.1) is 13.8 Å². The topological polar surface area (TPSA) is 12.0 Å². The van der Waals surface area contributed by atoms with Gasteiger partial charge in [0.25, 0.3) is 0 Å². The maximum absolute atomic E-state index is 3.63. The molecule has 0 saturated carbocycles. The van der Waals surface area contributed by atoms with Crippen molar-refractivity contribution in [3.63, 3.8) is 0 Å². The molecule has 1 rings (SSSR count). The summed E-state index contributed by atoms with van der Waals surface area (Å²) in [6.07, 6.45) is 3.78. The van der Waals surface area contributed by atoms with Gasteiger partial charge in [-0.25, -0.2) is 0 Å². The summed E-state index contributed by atoms with van der Waals surface area (Å²) in [5.41, 5.74) is 3.86. The number of unbranched alkanes of at least 4 members (excludes halogenated alkanes) is 1. The Labute approximate surface area is 108 Å². The van der Waals surface area contributed by atoms with Crippen LogP contribution in [0.25, 0.3) is 0 Å². The van der Waals surface area contributed by atoms with Crippen LogP contribution < -0.4 is 5.32 Å². The first-order valence-corrected chi connectivity index (χ1v) is 6.87. The normalized spacial score (nSPS) is 12.6. The van der Waals surface area contributed by atoms with E-state index in [0.717, 1.165) is 0 Å². The standard InChI is InChI=1S/C14H22BrN/c1-5-6-7-12(4)16-14-11(3)8-10(2)9-13(14)15/h8-9,12,16H,5-7H2,1-4H3. The molecule has 90 valence electrons. The first-order chi connectivity index (χ1) is 7.54. The van der Waals surface area contributed by atoms with Crippen molar-refractivity contribution in [2.24, 2.45) is 0 Å². The van der Waals surface area contributed by atoms with Gasteiger partial charge >= 0.3 is 0 Å². The minimum Gasteiger partial charge on any atom is -0.381 e. The molecule has 1 nitrogen and oxygen atoms in total. The molecule has 0 spiro atoms. The molecule has 0 amide bonds. The van der Waals surface area contributed by atoms with Gasteiger partial charge in [0, 0.05) is 10.5 Å². The van der Waals surface area contributed by atoms with Crippen LogP contribution in [0.1, 0.15) is 44.2 Å². The van der Waals surface area contributed by atoms with E-state index in [-0.39, 0.29) is 0 Å². The molecule has 0 saturated heterocycles. The predicted octanol–water partition coefficient (Wildman–Crippen LogP) is 5.06. The number of hydrogen-bond acceptors (Lipinski definition) is 1. The van der Waals surface area contributed by atoms with Gasteiger partial charge in [-0.15, -0.1) is 0 Å². The number of hydrogen-bond donors (Lipinski definition) is 1. The van der Waals surface area contributed by atoms with E-state index in [0.29, 0.717) is 6.04 Å². The molecule has 0 heterocycles. The number of rotatable bonds is 5. The predicted molar refractivity (Wildman–Crippen MR) is 76.2 cm³/mol. The van der Waals surface area contributed by atoms with Crippen molar-refractivity contribution < 1.29 is 0 Å². The summed E-state index contributed by atoms with van der Waals surface area (Å²) in [6.45, 7) is 8.77. The van der Waals surface area contributed by atoms with Crippen LogP contribution in [0.2, 0.25) is 0 Å². The number of anilines is 1. The van der Waals surface area contributed by atoms with Crippen molar-refractivity contribution in [3.8, 4) is 0 Å². The quantitative estimate of drug-likeness (QED) is 0.797. The molecule has 1 unspecified atom stereocenters. The van der Waals surface area contributed by atoms with Gasteiger partial charge in [-0.3, -0.25) is 0 Å². The summed E-state index contributed by atoms with van der Waals surface area (Å²) in [5, 5.41) is 3.59. The van der Waals surface area contributed by atoms with E-state index in [4.69, 9.17) is 0 Å². The van der Waals surface area contributed by atoms with Crippen LogP contribution in [-0.4, -0.2) is 6.04 Å². The van der Waals surface area contributed by atoms with E-state index in [9.17, 15) is 0 Å². The largest absolute Gasteiger partial charge is 0.381 e. The van der Waals surface area contributed by atoms with Crippen LogP contribution in [0.4, 0.5) is 5.69 Å². The first-order valence-electron chi connectivity index (χ1n) is 6.08. The molecule has 0 bridgehead atoms. The third kappa shape index (κ3) is 3.82. The molecule has 1 atom stereocenters. The fraction of sp³-hybridized carbons (Fsp3) is 0.571. The first kappa shape index (κ1) is 13.6. The van der Waals surface area contributed by atoms with E-state index in [2.05, 4.69) is 61.1 Å². The fourth-order valence-corrected chi connectivity index (χ4v) is 2.72. The molecule has 1 N–H and O–H groups in total. The molecule has 0 aliphatic rings. The zero-order chi connectivity index (χ0) is 12.1. The second-order valence-corrected chi connectivity index (χ2v) is 5.48. The van der Waals surface area contributed by atoms with Crippen LogP contribution in [0.5, 0.6) is 0 Å².